The first-order valence-corrected chi connectivity index (χ1v) is 10.7. The second kappa shape index (κ2) is 10.5. The summed E-state index contributed by atoms with van der Waals surface area (Å²) in [5, 5.41) is 18.2. The summed E-state index contributed by atoms with van der Waals surface area (Å²) in [5.74, 6) is -0.840. The molecule has 0 saturated carbocycles. The summed E-state index contributed by atoms with van der Waals surface area (Å²) in [5.41, 5.74) is 2.03. The molecule has 2 atom stereocenters. The van der Waals surface area contributed by atoms with E-state index in [1.165, 1.54) is 12.3 Å². The fourth-order valence-electron chi connectivity index (χ4n) is 3.59. The number of pyridine rings is 2. The number of aromatic nitrogens is 4. The molecule has 34 heavy (non-hydrogen) atoms. The molecule has 1 fully saturated rings. The van der Waals surface area contributed by atoms with Crippen molar-refractivity contribution < 1.29 is 14.4 Å². The van der Waals surface area contributed by atoms with Crippen molar-refractivity contribution in [2.75, 3.05) is 23.7 Å². The first kappa shape index (κ1) is 22.8. The van der Waals surface area contributed by atoms with Gasteiger partial charge in [0.25, 0.3) is 5.91 Å². The Balaban J connectivity index is 1.33. The van der Waals surface area contributed by atoms with E-state index in [-0.39, 0.29) is 29.5 Å². The highest BCUT2D eigenvalue weighted by Gasteiger charge is 2.27. The van der Waals surface area contributed by atoms with E-state index in [0.717, 1.165) is 0 Å². The van der Waals surface area contributed by atoms with Gasteiger partial charge in [-0.3, -0.25) is 19.5 Å². The molecule has 4 heterocycles. The number of hydrogen-bond acceptors (Lipinski definition) is 7. The molecule has 3 amide bonds. The fourth-order valence-corrected chi connectivity index (χ4v) is 3.59. The van der Waals surface area contributed by atoms with Gasteiger partial charge < -0.3 is 21.3 Å². The highest BCUT2D eigenvalue weighted by Crippen LogP contribution is 2.17. The van der Waals surface area contributed by atoms with Crippen LogP contribution >= 0.6 is 0 Å². The molecule has 1 aliphatic heterocycles. The van der Waals surface area contributed by atoms with Crippen molar-refractivity contribution in [3.05, 3.63) is 67.1 Å². The van der Waals surface area contributed by atoms with Crippen molar-refractivity contribution in [3.63, 3.8) is 0 Å². The molecule has 1 unspecified atom stereocenters. The zero-order valence-corrected chi connectivity index (χ0v) is 18.2. The third-order valence-electron chi connectivity index (χ3n) is 5.28. The van der Waals surface area contributed by atoms with Gasteiger partial charge in [-0.2, -0.15) is 5.10 Å². The smallest absolute Gasteiger partial charge is 0.275 e. The normalized spacial score (nSPS) is 17.4. The number of anilines is 2. The van der Waals surface area contributed by atoms with Gasteiger partial charge in [0.05, 0.1) is 29.2 Å². The van der Waals surface area contributed by atoms with Crippen molar-refractivity contribution in [1.29, 1.82) is 0 Å². The number of hydrogen-bond donors (Lipinski definition) is 5. The third-order valence-corrected chi connectivity index (χ3v) is 5.28. The van der Waals surface area contributed by atoms with Crippen LogP contribution in [0.2, 0.25) is 0 Å². The Morgan fingerprint density at radius 3 is 2.71 bits per heavy atom. The van der Waals surface area contributed by atoms with E-state index in [1.54, 1.807) is 42.6 Å². The van der Waals surface area contributed by atoms with Crippen LogP contribution in [0.1, 0.15) is 16.9 Å². The maximum Gasteiger partial charge on any atom is 0.275 e. The summed E-state index contributed by atoms with van der Waals surface area (Å²) >= 11 is 0. The Morgan fingerprint density at radius 1 is 1.09 bits per heavy atom. The van der Waals surface area contributed by atoms with Crippen molar-refractivity contribution >= 4 is 29.2 Å². The summed E-state index contributed by atoms with van der Waals surface area (Å²) in [7, 11) is 0. The number of aromatic amines is 1. The average Bonchev–Trinajstić information content (AvgIpc) is 3.40. The first-order valence-electron chi connectivity index (χ1n) is 10.7. The lowest BCUT2D eigenvalue weighted by Crippen LogP contribution is -2.51. The van der Waals surface area contributed by atoms with Crippen molar-refractivity contribution in [2.45, 2.75) is 12.5 Å². The van der Waals surface area contributed by atoms with Gasteiger partial charge in [-0.1, -0.05) is 12.6 Å². The van der Waals surface area contributed by atoms with Gasteiger partial charge in [0.1, 0.15) is 11.5 Å². The maximum absolute atomic E-state index is 12.6. The van der Waals surface area contributed by atoms with E-state index in [0.29, 0.717) is 42.4 Å². The van der Waals surface area contributed by atoms with Crippen molar-refractivity contribution in [1.82, 2.24) is 30.8 Å². The number of rotatable bonds is 7. The Morgan fingerprint density at radius 2 is 1.97 bits per heavy atom. The Labute approximate surface area is 195 Å². The van der Waals surface area contributed by atoms with Crippen LogP contribution in [0.5, 0.6) is 0 Å². The van der Waals surface area contributed by atoms with Gasteiger partial charge in [0.2, 0.25) is 11.8 Å². The molecule has 4 rings (SSSR count). The molecule has 0 radical (unpaired) electrons. The van der Waals surface area contributed by atoms with Gasteiger partial charge >= 0.3 is 0 Å². The lowest BCUT2D eigenvalue weighted by Gasteiger charge is -2.29. The molecular weight excluding hydrogens is 436 g/mol. The maximum atomic E-state index is 12.6. The molecular formula is C23H24N8O3. The van der Waals surface area contributed by atoms with Gasteiger partial charge in [-0.15, -0.1) is 0 Å². The SMILES string of the molecule is C=CC(=O)N[C@@H]1CNCC(C(=O)Nc2ccc(NC(=O)c3cccc(-c4ccn[nH]4)n3)nc2)C1. The van der Waals surface area contributed by atoms with E-state index in [2.05, 4.69) is 48.0 Å². The number of nitrogens with zero attached hydrogens (tertiary/aromatic N) is 3. The average molecular weight is 460 g/mol. The summed E-state index contributed by atoms with van der Waals surface area (Å²) in [6.07, 6.45) is 4.81. The highest BCUT2D eigenvalue weighted by atomic mass is 16.2. The Bertz CT molecular complexity index is 1180. The van der Waals surface area contributed by atoms with E-state index in [1.807, 2.05) is 0 Å². The highest BCUT2D eigenvalue weighted by molar-refractivity contribution is 6.02. The molecule has 0 bridgehead atoms. The molecule has 0 aromatic carbocycles. The minimum absolute atomic E-state index is 0.147. The van der Waals surface area contributed by atoms with E-state index < -0.39 is 5.91 Å². The second-order valence-corrected chi connectivity index (χ2v) is 7.75. The summed E-state index contributed by atoms with van der Waals surface area (Å²) in [6, 6.07) is 9.98. The number of carbonyl (C=O) groups is 3. The largest absolute Gasteiger partial charge is 0.349 e. The van der Waals surface area contributed by atoms with Gasteiger partial charge in [0, 0.05) is 25.3 Å². The molecule has 1 aliphatic rings. The van der Waals surface area contributed by atoms with Crippen LogP contribution < -0.4 is 21.3 Å². The number of amides is 3. The molecule has 174 valence electrons. The second-order valence-electron chi connectivity index (χ2n) is 7.75. The van der Waals surface area contributed by atoms with Crippen LogP contribution in [-0.4, -0.2) is 57.0 Å². The number of piperidine rings is 1. The van der Waals surface area contributed by atoms with E-state index in [4.69, 9.17) is 0 Å². The van der Waals surface area contributed by atoms with Crippen LogP contribution in [0, 0.1) is 5.92 Å². The Hall–Kier alpha value is -4.38. The van der Waals surface area contributed by atoms with Crippen LogP contribution in [0.4, 0.5) is 11.5 Å². The third kappa shape index (κ3) is 5.70. The summed E-state index contributed by atoms with van der Waals surface area (Å²) < 4.78 is 0. The molecule has 11 heteroatoms. The monoisotopic (exact) mass is 460 g/mol. The molecule has 1 saturated heterocycles. The van der Waals surface area contributed by atoms with E-state index in [9.17, 15) is 14.4 Å². The number of nitrogens with one attached hydrogen (secondary N) is 5. The Kier molecular flexibility index (Phi) is 7.04. The van der Waals surface area contributed by atoms with E-state index >= 15 is 0 Å². The van der Waals surface area contributed by atoms with Gasteiger partial charge in [-0.25, -0.2) is 9.97 Å². The molecule has 0 spiro atoms. The minimum atomic E-state index is -0.411. The predicted octanol–water partition coefficient (Wildman–Crippen LogP) is 1.34. The molecule has 11 nitrogen and oxygen atoms in total. The molecule has 3 aromatic heterocycles. The number of H-pyrrole nitrogens is 1. The lowest BCUT2D eigenvalue weighted by molar-refractivity contribution is -0.122. The van der Waals surface area contributed by atoms with Crippen molar-refractivity contribution in [3.8, 4) is 11.4 Å². The standard InChI is InChI=1S/C23H24N8O3/c1-2-21(32)27-16-10-14(11-24-12-16)22(33)28-15-6-7-20(25-13-15)30-23(34)19-5-3-4-17(29-19)18-8-9-26-31-18/h2-9,13-14,16,24H,1,10-12H2,(H,26,31)(H,27,32)(H,28,33)(H,25,30,34)/t14?,16-/m0/s1. The fraction of sp³-hybridized carbons (Fsp3) is 0.217. The predicted molar refractivity (Wildman–Crippen MR) is 126 cm³/mol. The quantitative estimate of drug-likeness (QED) is 0.333. The lowest BCUT2D eigenvalue weighted by atomic mass is 9.94. The van der Waals surface area contributed by atoms with Gasteiger partial charge in [0.15, 0.2) is 0 Å². The zero-order chi connectivity index (χ0) is 23.9. The van der Waals surface area contributed by atoms with Gasteiger partial charge in [-0.05, 0) is 42.8 Å². The molecule has 0 aliphatic carbocycles. The van der Waals surface area contributed by atoms with Crippen LogP contribution in [0.25, 0.3) is 11.4 Å². The minimum Gasteiger partial charge on any atom is -0.349 e. The summed E-state index contributed by atoms with van der Waals surface area (Å²) in [6.45, 7) is 4.55. The number of carbonyl (C=O) groups excluding carboxylic acids is 3. The van der Waals surface area contributed by atoms with Crippen molar-refractivity contribution in [2.24, 2.45) is 5.92 Å². The van der Waals surface area contributed by atoms with Crippen LogP contribution in [-0.2, 0) is 9.59 Å². The zero-order valence-electron chi connectivity index (χ0n) is 18.2. The topological polar surface area (TPSA) is 154 Å². The summed E-state index contributed by atoms with van der Waals surface area (Å²) in [4.78, 5) is 45.3. The van der Waals surface area contributed by atoms with Crippen LogP contribution in [0.3, 0.4) is 0 Å². The first-order chi connectivity index (χ1) is 16.5. The molecule has 5 N–H and O–H groups in total. The van der Waals surface area contributed by atoms with Crippen LogP contribution in [0.15, 0.2) is 61.4 Å². The molecule has 3 aromatic rings.